The van der Waals surface area contributed by atoms with Gasteiger partial charge >= 0.3 is 0 Å². The van der Waals surface area contributed by atoms with Crippen LogP contribution in [-0.2, 0) is 17.6 Å². The lowest BCUT2D eigenvalue weighted by molar-refractivity contribution is 0.285. The zero-order valence-corrected chi connectivity index (χ0v) is 14.9. The van der Waals surface area contributed by atoms with Crippen molar-refractivity contribution in [1.82, 2.24) is 9.55 Å². The summed E-state index contributed by atoms with van der Waals surface area (Å²) in [5, 5.41) is 0. The third-order valence-electron chi connectivity index (χ3n) is 3.24. The highest BCUT2D eigenvalue weighted by molar-refractivity contribution is 9.10. The van der Waals surface area contributed by atoms with Gasteiger partial charge in [0.05, 0.1) is 22.3 Å². The summed E-state index contributed by atoms with van der Waals surface area (Å²) in [7, 11) is -1.30. The van der Waals surface area contributed by atoms with E-state index in [1.165, 1.54) is 0 Å². The lowest BCUT2D eigenvalue weighted by atomic mass is 10.2. The summed E-state index contributed by atoms with van der Waals surface area (Å²) in [6.07, 6.45) is 3.31. The van der Waals surface area contributed by atoms with Gasteiger partial charge in [0, 0.05) is 4.47 Å². The van der Waals surface area contributed by atoms with E-state index in [1.807, 2.05) is 43.5 Å². The van der Waals surface area contributed by atoms with Crippen LogP contribution in [0.5, 0.6) is 5.75 Å². The molecule has 0 aliphatic carbocycles. The van der Waals surface area contributed by atoms with E-state index in [-0.39, 0.29) is 4.75 Å². The van der Waals surface area contributed by atoms with Crippen molar-refractivity contribution in [2.45, 2.75) is 32.1 Å². The minimum Gasteiger partial charge on any atom is -0.485 e. The number of ether oxygens (including phenoxy) is 1. The quantitative estimate of drug-likeness (QED) is 0.748. The van der Waals surface area contributed by atoms with Crippen molar-refractivity contribution >= 4 is 33.1 Å². The van der Waals surface area contributed by atoms with Crippen LogP contribution in [0.3, 0.4) is 0 Å². The molecular weight excluding hydrogens is 366 g/mol. The van der Waals surface area contributed by atoms with E-state index in [2.05, 4.69) is 25.3 Å². The van der Waals surface area contributed by atoms with Crippen LogP contribution >= 0.6 is 15.9 Å². The van der Waals surface area contributed by atoms with Crippen molar-refractivity contribution in [3.8, 4) is 11.4 Å². The molecule has 0 saturated heterocycles. The first-order chi connectivity index (χ1) is 10.4. The van der Waals surface area contributed by atoms with Gasteiger partial charge in [-0.2, -0.15) is 4.40 Å². The molecular formula is C15H16BrN3O2S. The molecule has 5 nitrogen and oxygen atoms in total. The first-order valence-corrected chi connectivity index (χ1v) is 8.71. The molecule has 0 fully saturated rings. The number of fused-ring (bicyclic) bond motifs is 3. The molecule has 2 aromatic rings. The average Bonchev–Trinajstić information content (AvgIpc) is 2.86. The highest BCUT2D eigenvalue weighted by atomic mass is 79.9. The normalized spacial score (nSPS) is 15.3. The first-order valence-electron chi connectivity index (χ1n) is 6.81. The van der Waals surface area contributed by atoms with Crippen LogP contribution in [-0.4, -0.2) is 24.7 Å². The Balaban J connectivity index is 1.95. The van der Waals surface area contributed by atoms with E-state index in [9.17, 15) is 4.21 Å². The van der Waals surface area contributed by atoms with Gasteiger partial charge in [0.15, 0.2) is 0 Å². The molecule has 0 N–H and O–H groups in total. The number of nitrogens with zero attached hydrogens (tertiary/aromatic N) is 3. The standard InChI is InChI=1S/C15H16BrN3O2S/c1-15(2,3)22(20)18-7-11-13-8-21-14-6-10(16)4-5-12(14)19(13)9-17-11/h4-7,9H,8H2,1-3H3/t22-/m0/s1. The lowest BCUT2D eigenvalue weighted by Gasteiger charge is -2.20. The highest BCUT2D eigenvalue weighted by Gasteiger charge is 2.22. The molecule has 22 heavy (non-hydrogen) atoms. The van der Waals surface area contributed by atoms with Crippen molar-refractivity contribution in [1.29, 1.82) is 0 Å². The monoisotopic (exact) mass is 381 g/mol. The fourth-order valence-corrected chi connectivity index (χ4v) is 2.90. The largest absolute Gasteiger partial charge is 0.485 e. The number of imidazole rings is 1. The molecule has 0 saturated carbocycles. The van der Waals surface area contributed by atoms with Gasteiger partial charge in [-0.3, -0.25) is 4.57 Å². The zero-order valence-electron chi connectivity index (χ0n) is 12.5. The summed E-state index contributed by atoms with van der Waals surface area (Å²) in [6, 6.07) is 5.86. The molecule has 0 bridgehead atoms. The van der Waals surface area contributed by atoms with E-state index in [1.54, 1.807) is 12.5 Å². The second-order valence-electron chi connectivity index (χ2n) is 5.94. The summed E-state index contributed by atoms with van der Waals surface area (Å²) in [5.41, 5.74) is 2.53. The topological polar surface area (TPSA) is 56.5 Å². The Labute approximate surface area is 140 Å². The maximum absolute atomic E-state index is 12.0. The molecule has 0 radical (unpaired) electrons. The van der Waals surface area contributed by atoms with Crippen LogP contribution in [0.2, 0.25) is 0 Å². The summed E-state index contributed by atoms with van der Waals surface area (Å²) in [5.74, 6) is 0.807. The number of hydrogen-bond acceptors (Lipinski definition) is 3. The maximum Gasteiger partial charge on any atom is 0.145 e. The van der Waals surface area contributed by atoms with E-state index >= 15 is 0 Å². The Hall–Kier alpha value is -1.47. The molecule has 1 aliphatic rings. The molecule has 0 amide bonds. The van der Waals surface area contributed by atoms with E-state index in [4.69, 9.17) is 4.74 Å². The van der Waals surface area contributed by atoms with Gasteiger partial charge in [-0.05, 0) is 39.0 Å². The van der Waals surface area contributed by atoms with Crippen LogP contribution < -0.4 is 4.74 Å². The Morgan fingerprint density at radius 1 is 1.45 bits per heavy atom. The SMILES string of the molecule is CC(C)(C)[S@](=O)N=Cc1ncn2c1COc1cc(Br)ccc1-2. The summed E-state index contributed by atoms with van der Waals surface area (Å²) < 4.78 is 24.5. The molecule has 3 rings (SSSR count). The van der Waals surface area contributed by atoms with Gasteiger partial charge in [-0.15, -0.1) is 0 Å². The van der Waals surface area contributed by atoms with Gasteiger partial charge in [0.2, 0.25) is 0 Å². The summed E-state index contributed by atoms with van der Waals surface area (Å²) in [6.45, 7) is 6.08. The van der Waals surface area contributed by atoms with Crippen LogP contribution in [0.25, 0.3) is 5.69 Å². The molecule has 1 aromatic heterocycles. The Bertz CT molecular complexity index is 778. The minimum absolute atomic E-state index is 0.383. The molecule has 1 atom stereocenters. The van der Waals surface area contributed by atoms with Crippen molar-refractivity contribution < 1.29 is 8.95 Å². The van der Waals surface area contributed by atoms with E-state index < -0.39 is 11.0 Å². The number of aromatic nitrogens is 2. The van der Waals surface area contributed by atoms with Gasteiger partial charge < -0.3 is 4.74 Å². The third kappa shape index (κ3) is 2.87. The van der Waals surface area contributed by atoms with Crippen LogP contribution in [0, 0.1) is 0 Å². The van der Waals surface area contributed by atoms with Crippen LogP contribution in [0.15, 0.2) is 33.4 Å². The first kappa shape index (κ1) is 15.4. The van der Waals surface area contributed by atoms with Crippen molar-refractivity contribution in [2.75, 3.05) is 0 Å². The molecule has 0 unspecified atom stereocenters. The van der Waals surface area contributed by atoms with Crippen molar-refractivity contribution in [3.05, 3.63) is 40.4 Å². The smallest absolute Gasteiger partial charge is 0.145 e. The van der Waals surface area contributed by atoms with Gasteiger partial charge in [0.1, 0.15) is 35.4 Å². The molecule has 116 valence electrons. The molecule has 2 heterocycles. The Morgan fingerprint density at radius 3 is 2.95 bits per heavy atom. The molecule has 0 spiro atoms. The Morgan fingerprint density at radius 2 is 2.23 bits per heavy atom. The third-order valence-corrected chi connectivity index (χ3v) is 5.08. The molecule has 7 heteroatoms. The number of rotatable bonds is 2. The Kier molecular flexibility index (Phi) is 3.94. The summed E-state index contributed by atoms with van der Waals surface area (Å²) in [4.78, 5) is 4.36. The average molecular weight is 382 g/mol. The number of hydrogen-bond donors (Lipinski definition) is 0. The second-order valence-corrected chi connectivity index (χ2v) is 8.79. The number of benzene rings is 1. The second kappa shape index (κ2) is 5.62. The van der Waals surface area contributed by atoms with Crippen molar-refractivity contribution in [2.24, 2.45) is 4.40 Å². The minimum atomic E-state index is -1.30. The van der Waals surface area contributed by atoms with E-state index in [0.29, 0.717) is 12.3 Å². The fraction of sp³-hybridized carbons (Fsp3) is 0.333. The van der Waals surface area contributed by atoms with Gasteiger partial charge in [-0.25, -0.2) is 9.19 Å². The van der Waals surface area contributed by atoms with Crippen LogP contribution in [0.4, 0.5) is 0 Å². The predicted octanol–water partition coefficient (Wildman–Crippen LogP) is 3.41. The van der Waals surface area contributed by atoms with E-state index in [0.717, 1.165) is 21.6 Å². The highest BCUT2D eigenvalue weighted by Crippen LogP contribution is 2.32. The van der Waals surface area contributed by atoms with Gasteiger partial charge in [-0.1, -0.05) is 15.9 Å². The predicted molar refractivity (Wildman–Crippen MR) is 91.1 cm³/mol. The molecule has 1 aliphatic heterocycles. The number of halogens is 1. The van der Waals surface area contributed by atoms with Gasteiger partial charge in [0.25, 0.3) is 0 Å². The van der Waals surface area contributed by atoms with Crippen LogP contribution in [0.1, 0.15) is 32.2 Å². The van der Waals surface area contributed by atoms with Crippen molar-refractivity contribution in [3.63, 3.8) is 0 Å². The fourth-order valence-electron chi connectivity index (χ4n) is 2.05. The summed E-state index contributed by atoms with van der Waals surface area (Å²) >= 11 is 3.44. The lowest BCUT2D eigenvalue weighted by Crippen LogP contribution is -2.20. The molecule has 1 aromatic carbocycles. The zero-order chi connectivity index (χ0) is 15.9. The maximum atomic E-state index is 12.0.